The fourth-order valence-corrected chi connectivity index (χ4v) is 3.52. The summed E-state index contributed by atoms with van der Waals surface area (Å²) in [5, 5.41) is 0. The van der Waals surface area contributed by atoms with E-state index in [9.17, 15) is 13.2 Å². The first-order chi connectivity index (χ1) is 12.0. The Balaban J connectivity index is 1.68. The second-order valence-corrected chi connectivity index (χ2v) is 6.47. The monoisotopic (exact) mass is 338 g/mol. The Morgan fingerprint density at radius 1 is 0.760 bits per heavy atom. The summed E-state index contributed by atoms with van der Waals surface area (Å²) in [6.45, 7) is 2.15. The molecule has 0 amide bonds. The SMILES string of the molecule is CCc1ccc2c(c1)Cc1cc(-c3ccc(C(F)(F)F)cc3)ccc1-2. The highest BCUT2D eigenvalue weighted by atomic mass is 19.4. The van der Waals surface area contributed by atoms with E-state index in [-0.39, 0.29) is 0 Å². The van der Waals surface area contributed by atoms with Crippen molar-refractivity contribution in [1.29, 1.82) is 0 Å². The topological polar surface area (TPSA) is 0 Å². The maximum atomic E-state index is 12.7. The lowest BCUT2D eigenvalue weighted by Crippen LogP contribution is -2.03. The number of rotatable bonds is 2. The van der Waals surface area contributed by atoms with Crippen molar-refractivity contribution in [3.63, 3.8) is 0 Å². The van der Waals surface area contributed by atoms with Crippen LogP contribution in [0.3, 0.4) is 0 Å². The zero-order chi connectivity index (χ0) is 17.6. The molecule has 0 atom stereocenters. The molecule has 0 radical (unpaired) electrons. The molecular weight excluding hydrogens is 321 g/mol. The maximum Gasteiger partial charge on any atom is 0.416 e. The number of fused-ring (bicyclic) bond motifs is 3. The lowest BCUT2D eigenvalue weighted by molar-refractivity contribution is -0.137. The highest BCUT2D eigenvalue weighted by Crippen LogP contribution is 2.39. The first-order valence-corrected chi connectivity index (χ1v) is 8.38. The first kappa shape index (κ1) is 15.9. The molecule has 0 spiro atoms. The molecular formula is C22H17F3. The van der Waals surface area contributed by atoms with Crippen molar-refractivity contribution >= 4 is 0 Å². The van der Waals surface area contributed by atoms with E-state index in [4.69, 9.17) is 0 Å². The van der Waals surface area contributed by atoms with E-state index in [2.05, 4.69) is 37.3 Å². The van der Waals surface area contributed by atoms with E-state index in [0.717, 1.165) is 36.1 Å². The van der Waals surface area contributed by atoms with Crippen molar-refractivity contribution in [2.75, 3.05) is 0 Å². The third-order valence-electron chi connectivity index (χ3n) is 4.90. The Bertz CT molecular complexity index is 934. The van der Waals surface area contributed by atoms with E-state index in [1.807, 2.05) is 6.07 Å². The first-order valence-electron chi connectivity index (χ1n) is 8.38. The van der Waals surface area contributed by atoms with Gasteiger partial charge in [-0.3, -0.25) is 0 Å². The van der Waals surface area contributed by atoms with Crippen LogP contribution < -0.4 is 0 Å². The molecule has 0 nitrogen and oxygen atoms in total. The van der Waals surface area contributed by atoms with Crippen molar-refractivity contribution in [3.05, 3.63) is 82.9 Å². The van der Waals surface area contributed by atoms with Crippen LogP contribution in [0.4, 0.5) is 13.2 Å². The van der Waals surface area contributed by atoms with Gasteiger partial charge in [-0.2, -0.15) is 13.2 Å². The van der Waals surface area contributed by atoms with Crippen molar-refractivity contribution in [1.82, 2.24) is 0 Å². The van der Waals surface area contributed by atoms with Crippen LogP contribution in [-0.2, 0) is 19.0 Å². The molecule has 1 aliphatic carbocycles. The summed E-state index contributed by atoms with van der Waals surface area (Å²) in [5.74, 6) is 0. The van der Waals surface area contributed by atoms with Gasteiger partial charge in [0.2, 0.25) is 0 Å². The van der Waals surface area contributed by atoms with Crippen LogP contribution in [0.25, 0.3) is 22.3 Å². The van der Waals surface area contributed by atoms with E-state index in [1.54, 1.807) is 12.1 Å². The standard InChI is InChI=1S/C22H17F3/c1-2-14-3-9-20-17(11-14)13-18-12-16(6-10-21(18)20)15-4-7-19(8-5-15)22(23,24)25/h3-12H,2,13H2,1H3. The quantitative estimate of drug-likeness (QED) is 0.391. The Morgan fingerprint density at radius 3 is 2.00 bits per heavy atom. The number of hydrogen-bond donors (Lipinski definition) is 0. The maximum absolute atomic E-state index is 12.7. The van der Waals surface area contributed by atoms with Gasteiger partial charge in [0.25, 0.3) is 0 Å². The molecule has 0 heterocycles. The largest absolute Gasteiger partial charge is 0.416 e. The molecule has 126 valence electrons. The van der Waals surface area contributed by atoms with Gasteiger partial charge in [-0.25, -0.2) is 0 Å². The second-order valence-electron chi connectivity index (χ2n) is 6.47. The van der Waals surface area contributed by atoms with Gasteiger partial charge in [0.15, 0.2) is 0 Å². The number of alkyl halides is 3. The van der Waals surface area contributed by atoms with Gasteiger partial charge in [0.05, 0.1) is 5.56 Å². The molecule has 4 rings (SSSR count). The van der Waals surface area contributed by atoms with Gasteiger partial charge < -0.3 is 0 Å². The molecule has 3 heteroatoms. The number of hydrogen-bond acceptors (Lipinski definition) is 0. The smallest absolute Gasteiger partial charge is 0.166 e. The zero-order valence-corrected chi connectivity index (χ0v) is 13.8. The zero-order valence-electron chi connectivity index (χ0n) is 13.8. The lowest BCUT2D eigenvalue weighted by atomic mass is 9.98. The van der Waals surface area contributed by atoms with Gasteiger partial charge in [-0.05, 0) is 63.9 Å². The third-order valence-corrected chi connectivity index (χ3v) is 4.90. The minimum atomic E-state index is -4.30. The minimum absolute atomic E-state index is 0.614. The molecule has 0 aromatic heterocycles. The highest BCUT2D eigenvalue weighted by Gasteiger charge is 2.30. The van der Waals surface area contributed by atoms with Crippen LogP contribution in [0, 0.1) is 0 Å². The fraction of sp³-hybridized carbons (Fsp3) is 0.182. The summed E-state index contributed by atoms with van der Waals surface area (Å²) < 4.78 is 38.1. The third kappa shape index (κ3) is 2.84. The molecule has 1 aliphatic rings. The Morgan fingerprint density at radius 2 is 1.36 bits per heavy atom. The van der Waals surface area contributed by atoms with Gasteiger partial charge in [0, 0.05) is 0 Å². The van der Waals surface area contributed by atoms with Gasteiger partial charge in [-0.15, -0.1) is 0 Å². The lowest BCUT2D eigenvalue weighted by Gasteiger charge is -2.09. The molecule has 0 fully saturated rings. The minimum Gasteiger partial charge on any atom is -0.166 e. The number of benzene rings is 3. The summed E-state index contributed by atoms with van der Waals surface area (Å²) in [5.41, 5.74) is 7.54. The van der Waals surface area contributed by atoms with E-state index in [0.29, 0.717) is 0 Å². The van der Waals surface area contributed by atoms with Crippen molar-refractivity contribution in [3.8, 4) is 22.3 Å². The van der Waals surface area contributed by atoms with Gasteiger partial charge in [-0.1, -0.05) is 55.5 Å². The number of aryl methyl sites for hydroxylation is 1. The highest BCUT2D eigenvalue weighted by molar-refractivity contribution is 5.80. The van der Waals surface area contributed by atoms with Crippen LogP contribution in [0.2, 0.25) is 0 Å². The van der Waals surface area contributed by atoms with Gasteiger partial charge >= 0.3 is 6.18 Å². The second kappa shape index (κ2) is 5.76. The van der Waals surface area contributed by atoms with Crippen LogP contribution in [0.5, 0.6) is 0 Å². The van der Waals surface area contributed by atoms with Crippen LogP contribution in [0.1, 0.15) is 29.2 Å². The van der Waals surface area contributed by atoms with E-state index < -0.39 is 11.7 Å². The number of halogens is 3. The Labute approximate surface area is 144 Å². The van der Waals surface area contributed by atoms with E-state index >= 15 is 0 Å². The predicted octanol–water partition coefficient (Wildman–Crippen LogP) is 6.51. The summed E-state index contributed by atoms with van der Waals surface area (Å²) in [4.78, 5) is 0. The van der Waals surface area contributed by atoms with Crippen LogP contribution in [0.15, 0.2) is 60.7 Å². The summed E-state index contributed by atoms with van der Waals surface area (Å²) in [7, 11) is 0. The van der Waals surface area contributed by atoms with Crippen LogP contribution in [-0.4, -0.2) is 0 Å². The van der Waals surface area contributed by atoms with Gasteiger partial charge in [0.1, 0.15) is 0 Å². The van der Waals surface area contributed by atoms with E-state index in [1.165, 1.54) is 27.8 Å². The molecule has 0 unspecified atom stereocenters. The molecule has 25 heavy (non-hydrogen) atoms. The fourth-order valence-electron chi connectivity index (χ4n) is 3.52. The Hall–Kier alpha value is -2.55. The molecule has 0 bridgehead atoms. The summed E-state index contributed by atoms with van der Waals surface area (Å²) in [6.07, 6.45) is -2.40. The molecule has 3 aromatic rings. The Kier molecular flexibility index (Phi) is 3.68. The predicted molar refractivity (Wildman–Crippen MR) is 94.5 cm³/mol. The molecule has 0 saturated heterocycles. The van der Waals surface area contributed by atoms with Crippen molar-refractivity contribution in [2.45, 2.75) is 25.9 Å². The molecule has 3 aromatic carbocycles. The summed E-state index contributed by atoms with van der Waals surface area (Å²) >= 11 is 0. The normalized spacial score (nSPS) is 12.8. The average Bonchev–Trinajstić information content (AvgIpc) is 2.97. The van der Waals surface area contributed by atoms with Crippen LogP contribution >= 0.6 is 0 Å². The molecule has 0 N–H and O–H groups in total. The average molecular weight is 338 g/mol. The molecule has 0 saturated carbocycles. The molecule has 0 aliphatic heterocycles. The van der Waals surface area contributed by atoms with Crippen molar-refractivity contribution < 1.29 is 13.2 Å². The van der Waals surface area contributed by atoms with Crippen molar-refractivity contribution in [2.24, 2.45) is 0 Å². The summed E-state index contributed by atoms with van der Waals surface area (Å²) in [6, 6.07) is 18.1.